The first-order valence-electron chi connectivity index (χ1n) is 12.2. The molecule has 0 N–H and O–H groups in total. The molecule has 2 atom stereocenters. The van der Waals surface area contributed by atoms with E-state index < -0.39 is 0 Å². The Labute approximate surface area is 199 Å². The van der Waals surface area contributed by atoms with Crippen LogP contribution in [0.2, 0.25) is 0 Å². The van der Waals surface area contributed by atoms with Gasteiger partial charge in [0, 0.05) is 56.1 Å². The SMILES string of the molecule is CC1CN(c2ccc(-c3ccc4ncc5nnc(C6CCOCC6)n5c4c3)cn2)C[C@H](C)N1C. The summed E-state index contributed by atoms with van der Waals surface area (Å²) >= 11 is 0. The molecule has 0 amide bonds. The summed E-state index contributed by atoms with van der Waals surface area (Å²) in [5.74, 6) is 2.41. The minimum atomic E-state index is 0.354. The molecule has 0 spiro atoms. The van der Waals surface area contributed by atoms with Crippen molar-refractivity contribution in [2.24, 2.45) is 0 Å². The average molecular weight is 458 g/mol. The maximum atomic E-state index is 5.56. The standard InChI is InChI=1S/C26H31N7O/c1-17-15-32(16-18(2)31(17)3)24-7-5-21(13-28-24)20-4-6-22-23(12-20)33-25(14-27-22)29-30-26(33)19-8-10-34-11-9-19/h4-7,12-14,17-19H,8-11,15-16H2,1-3H3/t17-,18?/m0/s1. The van der Waals surface area contributed by atoms with Gasteiger partial charge in [0.1, 0.15) is 11.6 Å². The third-order valence-electron chi connectivity index (χ3n) is 7.60. The summed E-state index contributed by atoms with van der Waals surface area (Å²) in [7, 11) is 2.21. The summed E-state index contributed by atoms with van der Waals surface area (Å²) in [5.41, 5.74) is 4.98. The fourth-order valence-electron chi connectivity index (χ4n) is 5.31. The van der Waals surface area contributed by atoms with Gasteiger partial charge in [0.05, 0.1) is 17.2 Å². The van der Waals surface area contributed by atoms with E-state index in [1.54, 1.807) is 0 Å². The minimum absolute atomic E-state index is 0.354. The normalized spacial score (nSPS) is 22.6. The number of nitrogens with zero attached hydrogens (tertiary/aromatic N) is 7. The predicted molar refractivity (Wildman–Crippen MR) is 133 cm³/mol. The molecule has 8 nitrogen and oxygen atoms in total. The highest BCUT2D eigenvalue weighted by atomic mass is 16.5. The summed E-state index contributed by atoms with van der Waals surface area (Å²) in [4.78, 5) is 14.3. The number of pyridine rings is 1. The van der Waals surface area contributed by atoms with Crippen molar-refractivity contribution in [1.29, 1.82) is 0 Å². The van der Waals surface area contributed by atoms with E-state index in [0.717, 1.165) is 78.6 Å². The van der Waals surface area contributed by atoms with Gasteiger partial charge in [0.2, 0.25) is 0 Å². The number of anilines is 1. The first-order chi connectivity index (χ1) is 16.6. The number of piperazine rings is 1. The van der Waals surface area contributed by atoms with Crippen molar-refractivity contribution in [2.45, 2.75) is 44.7 Å². The molecule has 4 aromatic rings. The fraction of sp³-hybridized carbons (Fsp3) is 0.462. The Morgan fingerprint density at radius 2 is 1.65 bits per heavy atom. The van der Waals surface area contributed by atoms with E-state index in [0.29, 0.717) is 18.0 Å². The quantitative estimate of drug-likeness (QED) is 0.464. The highest BCUT2D eigenvalue weighted by Crippen LogP contribution is 2.30. The van der Waals surface area contributed by atoms with E-state index in [-0.39, 0.29) is 0 Å². The molecule has 34 heavy (non-hydrogen) atoms. The topological polar surface area (TPSA) is 71.7 Å². The van der Waals surface area contributed by atoms with E-state index in [1.807, 2.05) is 12.4 Å². The van der Waals surface area contributed by atoms with E-state index in [2.05, 4.69) is 80.6 Å². The molecule has 0 saturated carbocycles. The van der Waals surface area contributed by atoms with Crippen molar-refractivity contribution >= 4 is 22.5 Å². The lowest BCUT2D eigenvalue weighted by Crippen LogP contribution is -2.55. The molecule has 176 valence electrons. The van der Waals surface area contributed by atoms with Crippen molar-refractivity contribution in [3.8, 4) is 11.1 Å². The van der Waals surface area contributed by atoms with Gasteiger partial charge in [-0.25, -0.2) is 4.98 Å². The third-order valence-corrected chi connectivity index (χ3v) is 7.60. The number of likely N-dealkylation sites (N-methyl/N-ethyl adjacent to an activating group) is 1. The van der Waals surface area contributed by atoms with Gasteiger partial charge in [-0.15, -0.1) is 10.2 Å². The van der Waals surface area contributed by atoms with Crippen LogP contribution in [0.15, 0.2) is 42.7 Å². The van der Waals surface area contributed by atoms with Gasteiger partial charge >= 0.3 is 0 Å². The van der Waals surface area contributed by atoms with Crippen molar-refractivity contribution < 1.29 is 4.74 Å². The number of fused-ring (bicyclic) bond motifs is 3. The molecule has 1 aromatic carbocycles. The Hall–Kier alpha value is -3.10. The summed E-state index contributed by atoms with van der Waals surface area (Å²) in [6, 6.07) is 11.7. The summed E-state index contributed by atoms with van der Waals surface area (Å²) in [5, 5.41) is 8.96. The maximum absolute atomic E-state index is 5.56. The number of benzene rings is 1. The summed E-state index contributed by atoms with van der Waals surface area (Å²) in [6.07, 6.45) is 5.74. The van der Waals surface area contributed by atoms with Gasteiger partial charge in [0.15, 0.2) is 5.65 Å². The second-order valence-electron chi connectivity index (χ2n) is 9.77. The molecule has 3 aromatic heterocycles. The lowest BCUT2D eigenvalue weighted by Gasteiger charge is -2.43. The molecular weight excluding hydrogens is 426 g/mol. The van der Waals surface area contributed by atoms with Gasteiger partial charge in [-0.2, -0.15) is 0 Å². The van der Waals surface area contributed by atoms with Crippen molar-refractivity contribution in [3.63, 3.8) is 0 Å². The molecule has 2 aliphatic heterocycles. The molecule has 6 rings (SSSR count). The van der Waals surface area contributed by atoms with E-state index >= 15 is 0 Å². The molecule has 0 bridgehead atoms. The van der Waals surface area contributed by atoms with Gasteiger partial charge in [-0.3, -0.25) is 14.3 Å². The van der Waals surface area contributed by atoms with Crippen LogP contribution in [0.3, 0.4) is 0 Å². The predicted octanol–water partition coefficient (Wildman–Crippen LogP) is 3.76. The number of ether oxygens (including phenoxy) is 1. The first kappa shape index (κ1) is 21.4. The molecule has 8 heteroatoms. The van der Waals surface area contributed by atoms with Crippen LogP contribution in [0.1, 0.15) is 38.4 Å². The van der Waals surface area contributed by atoms with Crippen LogP contribution in [-0.4, -0.2) is 74.9 Å². The van der Waals surface area contributed by atoms with Crippen LogP contribution in [0.25, 0.3) is 27.8 Å². The first-order valence-corrected chi connectivity index (χ1v) is 12.2. The second-order valence-corrected chi connectivity index (χ2v) is 9.77. The lowest BCUT2D eigenvalue weighted by molar-refractivity contribution is 0.0834. The van der Waals surface area contributed by atoms with Gasteiger partial charge in [0.25, 0.3) is 0 Å². The Balaban J connectivity index is 1.35. The molecule has 2 fully saturated rings. The van der Waals surface area contributed by atoms with Gasteiger partial charge in [-0.1, -0.05) is 6.07 Å². The number of hydrogen-bond acceptors (Lipinski definition) is 7. The third kappa shape index (κ3) is 3.71. The van der Waals surface area contributed by atoms with Crippen molar-refractivity contribution in [1.82, 2.24) is 29.5 Å². The smallest absolute Gasteiger partial charge is 0.179 e. The second kappa shape index (κ2) is 8.60. The van der Waals surface area contributed by atoms with Crippen molar-refractivity contribution in [2.75, 3.05) is 38.3 Å². The fourth-order valence-corrected chi connectivity index (χ4v) is 5.31. The molecule has 2 saturated heterocycles. The highest BCUT2D eigenvalue weighted by molar-refractivity contribution is 5.83. The summed E-state index contributed by atoms with van der Waals surface area (Å²) < 4.78 is 7.74. The van der Waals surface area contributed by atoms with Crippen LogP contribution in [0, 0.1) is 0 Å². The number of hydrogen-bond donors (Lipinski definition) is 0. The van der Waals surface area contributed by atoms with Gasteiger partial charge < -0.3 is 9.64 Å². The Bertz CT molecular complexity index is 1300. The Kier molecular flexibility index (Phi) is 5.42. The van der Waals surface area contributed by atoms with Crippen LogP contribution in [-0.2, 0) is 4.74 Å². The average Bonchev–Trinajstić information content (AvgIpc) is 3.32. The van der Waals surface area contributed by atoms with Crippen LogP contribution in [0.4, 0.5) is 5.82 Å². The van der Waals surface area contributed by atoms with Crippen molar-refractivity contribution in [3.05, 3.63) is 48.5 Å². The monoisotopic (exact) mass is 457 g/mol. The number of aromatic nitrogens is 5. The van der Waals surface area contributed by atoms with E-state index in [1.165, 1.54) is 0 Å². The largest absolute Gasteiger partial charge is 0.381 e. The minimum Gasteiger partial charge on any atom is -0.381 e. The number of rotatable bonds is 3. The lowest BCUT2D eigenvalue weighted by atomic mass is 9.99. The molecule has 5 heterocycles. The zero-order chi connectivity index (χ0) is 23.2. The Morgan fingerprint density at radius 1 is 0.882 bits per heavy atom. The Morgan fingerprint density at radius 3 is 2.38 bits per heavy atom. The zero-order valence-corrected chi connectivity index (χ0v) is 20.1. The maximum Gasteiger partial charge on any atom is 0.179 e. The highest BCUT2D eigenvalue weighted by Gasteiger charge is 2.27. The molecule has 1 unspecified atom stereocenters. The molecule has 0 aliphatic carbocycles. The van der Waals surface area contributed by atoms with E-state index in [9.17, 15) is 0 Å². The molecule has 0 radical (unpaired) electrons. The van der Waals surface area contributed by atoms with Crippen LogP contribution < -0.4 is 4.90 Å². The molecule has 2 aliphatic rings. The summed E-state index contributed by atoms with van der Waals surface area (Å²) in [6.45, 7) is 8.10. The molecular formula is C26H31N7O. The van der Waals surface area contributed by atoms with Crippen LogP contribution >= 0.6 is 0 Å². The van der Waals surface area contributed by atoms with Crippen LogP contribution in [0.5, 0.6) is 0 Å². The van der Waals surface area contributed by atoms with E-state index in [4.69, 9.17) is 9.72 Å². The zero-order valence-electron chi connectivity index (χ0n) is 20.1. The van der Waals surface area contributed by atoms with Gasteiger partial charge in [-0.05, 0) is 63.6 Å².